The minimum absolute atomic E-state index is 0.702. The van der Waals surface area contributed by atoms with E-state index in [2.05, 4.69) is 50.9 Å². The number of methoxy groups -OCH3 is 1. The molecule has 90 valence electrons. The standard InChI is InChI=1S/C13H18Br2O/c1-3-4-10(9-14)7-11-8-12(16-2)5-6-13(11)15/h5-6,8,10H,3-4,7,9H2,1-2H3. The van der Waals surface area contributed by atoms with Crippen LogP contribution in [0.4, 0.5) is 0 Å². The molecule has 0 bridgehead atoms. The van der Waals surface area contributed by atoms with Gasteiger partial charge in [-0.05, 0) is 42.5 Å². The van der Waals surface area contributed by atoms with Gasteiger partial charge in [0.15, 0.2) is 0 Å². The van der Waals surface area contributed by atoms with Crippen LogP contribution in [0.1, 0.15) is 25.3 Å². The predicted molar refractivity (Wildman–Crippen MR) is 76.6 cm³/mol. The van der Waals surface area contributed by atoms with Crippen molar-refractivity contribution in [1.82, 2.24) is 0 Å². The van der Waals surface area contributed by atoms with Crippen LogP contribution in [0.5, 0.6) is 5.75 Å². The quantitative estimate of drug-likeness (QED) is 0.669. The Hall–Kier alpha value is -0.0200. The highest BCUT2D eigenvalue weighted by Crippen LogP contribution is 2.26. The molecule has 0 heterocycles. The van der Waals surface area contributed by atoms with Gasteiger partial charge in [0.2, 0.25) is 0 Å². The highest BCUT2D eigenvalue weighted by Gasteiger charge is 2.10. The fourth-order valence-electron chi connectivity index (χ4n) is 1.79. The van der Waals surface area contributed by atoms with E-state index in [-0.39, 0.29) is 0 Å². The first kappa shape index (κ1) is 14.0. The molecule has 0 fully saturated rings. The van der Waals surface area contributed by atoms with Crippen LogP contribution in [-0.4, -0.2) is 12.4 Å². The van der Waals surface area contributed by atoms with Crippen LogP contribution in [0, 0.1) is 5.92 Å². The molecule has 0 aromatic heterocycles. The second-order valence-corrected chi connectivity index (χ2v) is 5.47. The maximum Gasteiger partial charge on any atom is 0.119 e. The first-order valence-electron chi connectivity index (χ1n) is 5.59. The van der Waals surface area contributed by atoms with Crippen LogP contribution in [0.3, 0.4) is 0 Å². The minimum Gasteiger partial charge on any atom is -0.497 e. The van der Waals surface area contributed by atoms with Crippen molar-refractivity contribution in [2.45, 2.75) is 26.2 Å². The molecule has 1 aromatic carbocycles. The van der Waals surface area contributed by atoms with E-state index in [0.29, 0.717) is 5.92 Å². The van der Waals surface area contributed by atoms with Gasteiger partial charge in [0.25, 0.3) is 0 Å². The highest BCUT2D eigenvalue weighted by atomic mass is 79.9. The second-order valence-electron chi connectivity index (χ2n) is 3.97. The summed E-state index contributed by atoms with van der Waals surface area (Å²) in [5.74, 6) is 1.64. The molecule has 0 spiro atoms. The molecule has 16 heavy (non-hydrogen) atoms. The van der Waals surface area contributed by atoms with Gasteiger partial charge >= 0.3 is 0 Å². The minimum atomic E-state index is 0.702. The monoisotopic (exact) mass is 348 g/mol. The number of rotatable bonds is 6. The van der Waals surface area contributed by atoms with E-state index in [4.69, 9.17) is 4.74 Å². The second kappa shape index (κ2) is 7.33. The first-order valence-corrected chi connectivity index (χ1v) is 7.51. The fraction of sp³-hybridized carbons (Fsp3) is 0.538. The molecule has 0 amide bonds. The van der Waals surface area contributed by atoms with Crippen molar-refractivity contribution in [2.24, 2.45) is 5.92 Å². The Balaban J connectivity index is 2.77. The number of hydrogen-bond acceptors (Lipinski definition) is 1. The number of benzene rings is 1. The molecular weight excluding hydrogens is 332 g/mol. The number of halogens is 2. The molecule has 0 N–H and O–H groups in total. The lowest BCUT2D eigenvalue weighted by molar-refractivity contribution is 0.413. The van der Waals surface area contributed by atoms with Gasteiger partial charge in [-0.2, -0.15) is 0 Å². The van der Waals surface area contributed by atoms with Crippen LogP contribution in [0.15, 0.2) is 22.7 Å². The smallest absolute Gasteiger partial charge is 0.119 e. The molecular formula is C13H18Br2O. The van der Waals surface area contributed by atoms with Gasteiger partial charge in [-0.1, -0.05) is 45.2 Å². The predicted octanol–water partition coefficient (Wildman–Crippen LogP) is 4.81. The molecule has 1 unspecified atom stereocenters. The molecule has 1 nitrogen and oxygen atoms in total. The van der Waals surface area contributed by atoms with Gasteiger partial charge in [0, 0.05) is 9.80 Å². The van der Waals surface area contributed by atoms with Crippen LogP contribution in [0.2, 0.25) is 0 Å². The van der Waals surface area contributed by atoms with Gasteiger partial charge in [-0.3, -0.25) is 0 Å². The average molecular weight is 350 g/mol. The third-order valence-corrected chi connectivity index (χ3v) is 4.37. The molecule has 1 rings (SSSR count). The Bertz CT molecular complexity index is 326. The molecule has 1 aromatic rings. The Morgan fingerprint density at radius 3 is 2.69 bits per heavy atom. The van der Waals surface area contributed by atoms with E-state index in [1.807, 2.05) is 6.07 Å². The topological polar surface area (TPSA) is 9.23 Å². The van der Waals surface area contributed by atoms with Gasteiger partial charge in [0.05, 0.1) is 7.11 Å². The maximum atomic E-state index is 5.25. The van der Waals surface area contributed by atoms with Crippen molar-refractivity contribution in [3.63, 3.8) is 0 Å². The lowest BCUT2D eigenvalue weighted by Gasteiger charge is -2.14. The molecule has 0 aliphatic heterocycles. The summed E-state index contributed by atoms with van der Waals surface area (Å²) in [4.78, 5) is 0. The summed E-state index contributed by atoms with van der Waals surface area (Å²) in [5, 5.41) is 1.06. The number of alkyl halides is 1. The number of hydrogen-bond donors (Lipinski definition) is 0. The van der Waals surface area contributed by atoms with Crippen LogP contribution in [0.25, 0.3) is 0 Å². The highest BCUT2D eigenvalue weighted by molar-refractivity contribution is 9.10. The Morgan fingerprint density at radius 2 is 2.12 bits per heavy atom. The molecule has 0 radical (unpaired) electrons. The van der Waals surface area contributed by atoms with Crippen molar-refractivity contribution in [3.05, 3.63) is 28.2 Å². The first-order chi connectivity index (χ1) is 7.71. The Kier molecular flexibility index (Phi) is 6.44. The zero-order valence-corrected chi connectivity index (χ0v) is 13.0. The fourth-order valence-corrected chi connectivity index (χ4v) is 2.75. The molecule has 0 saturated heterocycles. The molecule has 1 atom stereocenters. The summed E-state index contributed by atoms with van der Waals surface area (Å²) >= 11 is 7.19. The molecule has 0 aliphatic rings. The van der Waals surface area contributed by atoms with Crippen molar-refractivity contribution in [2.75, 3.05) is 12.4 Å². The van der Waals surface area contributed by atoms with Gasteiger partial charge in [0.1, 0.15) is 5.75 Å². The Labute approximate surface area is 115 Å². The summed E-state index contributed by atoms with van der Waals surface area (Å²) in [6.45, 7) is 2.23. The van der Waals surface area contributed by atoms with Crippen LogP contribution >= 0.6 is 31.9 Å². The zero-order valence-electron chi connectivity index (χ0n) is 9.80. The normalized spacial score (nSPS) is 12.5. The van der Waals surface area contributed by atoms with E-state index >= 15 is 0 Å². The molecule has 3 heteroatoms. The largest absolute Gasteiger partial charge is 0.497 e. The average Bonchev–Trinajstić information content (AvgIpc) is 2.31. The van der Waals surface area contributed by atoms with Crippen molar-refractivity contribution >= 4 is 31.9 Å². The summed E-state index contributed by atoms with van der Waals surface area (Å²) in [7, 11) is 1.71. The lowest BCUT2D eigenvalue weighted by atomic mass is 9.97. The third kappa shape index (κ3) is 4.10. The summed E-state index contributed by atoms with van der Waals surface area (Å²) in [5.41, 5.74) is 1.33. The summed E-state index contributed by atoms with van der Waals surface area (Å²) in [6, 6.07) is 6.16. The number of ether oxygens (including phenoxy) is 1. The van der Waals surface area contributed by atoms with E-state index in [1.165, 1.54) is 22.9 Å². The van der Waals surface area contributed by atoms with Crippen molar-refractivity contribution in [1.29, 1.82) is 0 Å². The maximum absolute atomic E-state index is 5.25. The van der Waals surface area contributed by atoms with Crippen LogP contribution in [-0.2, 0) is 6.42 Å². The van der Waals surface area contributed by atoms with Crippen molar-refractivity contribution in [3.8, 4) is 5.75 Å². The van der Waals surface area contributed by atoms with E-state index in [0.717, 1.165) is 17.5 Å². The van der Waals surface area contributed by atoms with Crippen molar-refractivity contribution < 1.29 is 4.74 Å². The van der Waals surface area contributed by atoms with E-state index in [9.17, 15) is 0 Å². The van der Waals surface area contributed by atoms with Gasteiger partial charge in [-0.25, -0.2) is 0 Å². The van der Waals surface area contributed by atoms with E-state index < -0.39 is 0 Å². The summed E-state index contributed by atoms with van der Waals surface area (Å²) < 4.78 is 6.43. The van der Waals surface area contributed by atoms with Crippen LogP contribution < -0.4 is 4.74 Å². The Morgan fingerprint density at radius 1 is 1.38 bits per heavy atom. The van der Waals surface area contributed by atoms with Gasteiger partial charge < -0.3 is 4.74 Å². The lowest BCUT2D eigenvalue weighted by Crippen LogP contribution is -2.06. The van der Waals surface area contributed by atoms with E-state index in [1.54, 1.807) is 7.11 Å². The zero-order chi connectivity index (χ0) is 12.0. The van der Waals surface area contributed by atoms with Gasteiger partial charge in [-0.15, -0.1) is 0 Å². The molecule has 0 saturated carbocycles. The SMILES string of the molecule is CCCC(CBr)Cc1cc(OC)ccc1Br. The summed E-state index contributed by atoms with van der Waals surface area (Å²) in [6.07, 6.45) is 3.59. The third-order valence-electron chi connectivity index (χ3n) is 2.68. The molecule has 0 aliphatic carbocycles.